The minimum Gasteiger partial charge on any atom is -0.423 e. The minimum atomic E-state index is -3.12. The topological polar surface area (TPSA) is 81.4 Å². The van der Waals surface area contributed by atoms with Crippen molar-refractivity contribution in [1.29, 1.82) is 0 Å². The molecule has 6 heteroatoms. The largest absolute Gasteiger partial charge is 0.423 e. The summed E-state index contributed by atoms with van der Waals surface area (Å²) >= 11 is 0. The van der Waals surface area contributed by atoms with Crippen LogP contribution in [0.5, 0.6) is 0 Å². The first-order chi connectivity index (χ1) is 13.0. The average molecular weight is 405 g/mol. The number of benzene rings is 1. The van der Waals surface area contributed by atoms with Crippen molar-refractivity contribution in [2.75, 3.05) is 5.75 Å². The summed E-state index contributed by atoms with van der Waals surface area (Å²) < 4.78 is 29.2. The lowest BCUT2D eigenvalue weighted by molar-refractivity contribution is -0.123. The standard InChI is InChI=1S/C22H28O5S/c1-22(2,3)28(25,26)14-15-4-7-17(8-5-15)19(23)13-16-6-10-20-18(12-16)9-11-21(24)27-20/h6,9-12,15,17H,4-5,7-8,13-14H2,1-3H3. The van der Waals surface area contributed by atoms with E-state index in [-0.39, 0.29) is 29.0 Å². The third-order valence-electron chi connectivity index (χ3n) is 5.75. The number of fused-ring (bicyclic) bond motifs is 1. The molecule has 1 aliphatic carbocycles. The summed E-state index contributed by atoms with van der Waals surface area (Å²) in [5, 5.41) is 0.806. The molecule has 0 N–H and O–H groups in total. The van der Waals surface area contributed by atoms with Gasteiger partial charge in [-0.2, -0.15) is 0 Å². The van der Waals surface area contributed by atoms with E-state index in [0.717, 1.165) is 36.6 Å². The van der Waals surface area contributed by atoms with Crippen molar-refractivity contribution in [3.05, 3.63) is 46.3 Å². The molecule has 0 spiro atoms. The lowest BCUT2D eigenvalue weighted by atomic mass is 9.79. The Balaban J connectivity index is 1.58. The molecule has 1 aromatic heterocycles. The van der Waals surface area contributed by atoms with Crippen LogP contribution in [0.25, 0.3) is 11.0 Å². The number of carbonyl (C=O) groups excluding carboxylic acids is 1. The molecule has 0 bridgehead atoms. The van der Waals surface area contributed by atoms with Gasteiger partial charge in [0.1, 0.15) is 11.4 Å². The number of Topliss-reactive ketones (excluding diaryl/α,β-unsaturated/α-hetero) is 1. The third kappa shape index (κ3) is 4.72. The van der Waals surface area contributed by atoms with Gasteiger partial charge in [0, 0.05) is 23.8 Å². The quantitative estimate of drug-likeness (QED) is 0.706. The molecule has 1 fully saturated rings. The lowest BCUT2D eigenvalue weighted by Crippen LogP contribution is -2.35. The number of hydrogen-bond donors (Lipinski definition) is 0. The first-order valence-corrected chi connectivity index (χ1v) is 11.5. The predicted molar refractivity (Wildman–Crippen MR) is 110 cm³/mol. The van der Waals surface area contributed by atoms with Crippen LogP contribution in [0.15, 0.2) is 39.5 Å². The smallest absolute Gasteiger partial charge is 0.336 e. The summed E-state index contributed by atoms with van der Waals surface area (Å²) in [6, 6.07) is 8.52. The fourth-order valence-electron chi connectivity index (χ4n) is 3.79. The van der Waals surface area contributed by atoms with Crippen LogP contribution in [-0.4, -0.2) is 24.7 Å². The maximum atomic E-state index is 12.7. The van der Waals surface area contributed by atoms with E-state index in [2.05, 4.69) is 0 Å². The number of sulfone groups is 1. The van der Waals surface area contributed by atoms with Gasteiger partial charge in [-0.1, -0.05) is 6.07 Å². The Morgan fingerprint density at radius 2 is 1.75 bits per heavy atom. The van der Waals surface area contributed by atoms with Crippen molar-refractivity contribution in [2.45, 2.75) is 57.6 Å². The highest BCUT2D eigenvalue weighted by Gasteiger charge is 2.34. The van der Waals surface area contributed by atoms with E-state index < -0.39 is 14.6 Å². The molecule has 0 atom stereocenters. The van der Waals surface area contributed by atoms with Gasteiger partial charge in [-0.25, -0.2) is 13.2 Å². The molecule has 1 saturated carbocycles. The number of rotatable bonds is 5. The number of hydrogen-bond acceptors (Lipinski definition) is 5. The van der Waals surface area contributed by atoms with Gasteiger partial charge in [-0.15, -0.1) is 0 Å². The highest BCUT2D eigenvalue weighted by Crippen LogP contribution is 2.33. The molecule has 1 aromatic carbocycles. The van der Waals surface area contributed by atoms with Gasteiger partial charge in [-0.3, -0.25) is 4.79 Å². The second-order valence-corrected chi connectivity index (χ2v) is 11.7. The molecule has 1 aliphatic rings. The molecular weight excluding hydrogens is 376 g/mol. The van der Waals surface area contributed by atoms with E-state index >= 15 is 0 Å². The van der Waals surface area contributed by atoms with Crippen molar-refractivity contribution < 1.29 is 17.6 Å². The van der Waals surface area contributed by atoms with Crippen LogP contribution in [0.3, 0.4) is 0 Å². The Morgan fingerprint density at radius 1 is 1.07 bits per heavy atom. The predicted octanol–water partition coefficient (Wildman–Crippen LogP) is 3.92. The van der Waals surface area contributed by atoms with E-state index in [9.17, 15) is 18.0 Å². The first kappa shape index (κ1) is 20.8. The van der Waals surface area contributed by atoms with Gasteiger partial charge >= 0.3 is 5.63 Å². The fraction of sp³-hybridized carbons (Fsp3) is 0.545. The molecule has 0 saturated heterocycles. The zero-order valence-electron chi connectivity index (χ0n) is 16.7. The highest BCUT2D eigenvalue weighted by molar-refractivity contribution is 7.92. The Bertz CT molecular complexity index is 1020. The molecule has 0 amide bonds. The van der Waals surface area contributed by atoms with Crippen LogP contribution in [0, 0.1) is 11.8 Å². The van der Waals surface area contributed by atoms with Gasteiger partial charge in [0.15, 0.2) is 9.84 Å². The van der Waals surface area contributed by atoms with Crippen LogP contribution in [0.1, 0.15) is 52.0 Å². The summed E-state index contributed by atoms with van der Waals surface area (Å²) in [4.78, 5) is 24.0. The Morgan fingerprint density at radius 3 is 2.39 bits per heavy atom. The Kier molecular flexibility index (Phi) is 5.80. The van der Waals surface area contributed by atoms with Crippen LogP contribution in [0.2, 0.25) is 0 Å². The van der Waals surface area contributed by atoms with E-state index in [4.69, 9.17) is 4.42 Å². The molecular formula is C22H28O5S. The van der Waals surface area contributed by atoms with Crippen molar-refractivity contribution in [1.82, 2.24) is 0 Å². The SMILES string of the molecule is CC(C)(C)S(=O)(=O)CC1CCC(C(=O)Cc2ccc3oc(=O)ccc3c2)CC1. The summed E-state index contributed by atoms with van der Waals surface area (Å²) in [5.41, 5.74) is 1.04. The second-order valence-electron chi connectivity index (χ2n) is 8.88. The zero-order chi connectivity index (χ0) is 20.5. The van der Waals surface area contributed by atoms with E-state index in [1.54, 1.807) is 32.9 Å². The minimum absolute atomic E-state index is 0.00186. The Hall–Kier alpha value is -1.95. The lowest BCUT2D eigenvalue weighted by Gasteiger charge is -2.30. The van der Waals surface area contributed by atoms with Gasteiger partial charge in [0.2, 0.25) is 0 Å². The molecule has 0 radical (unpaired) electrons. The maximum Gasteiger partial charge on any atom is 0.336 e. The molecule has 2 aromatic rings. The summed E-state index contributed by atoms with van der Waals surface area (Å²) in [6.07, 6.45) is 3.44. The fourth-order valence-corrected chi connectivity index (χ4v) is 5.24. The maximum absolute atomic E-state index is 12.7. The molecule has 152 valence electrons. The van der Waals surface area contributed by atoms with Crippen LogP contribution >= 0.6 is 0 Å². The van der Waals surface area contributed by atoms with Crippen molar-refractivity contribution >= 4 is 26.6 Å². The van der Waals surface area contributed by atoms with Crippen molar-refractivity contribution in [3.8, 4) is 0 Å². The van der Waals surface area contributed by atoms with E-state index in [0.29, 0.717) is 12.0 Å². The van der Waals surface area contributed by atoms with Crippen LogP contribution in [-0.2, 0) is 21.1 Å². The van der Waals surface area contributed by atoms with Gasteiger partial charge in [-0.05, 0) is 76.1 Å². The molecule has 0 unspecified atom stereocenters. The molecule has 3 rings (SSSR count). The highest BCUT2D eigenvalue weighted by atomic mass is 32.2. The molecule has 0 aliphatic heterocycles. The first-order valence-electron chi connectivity index (χ1n) is 9.83. The molecule has 5 nitrogen and oxygen atoms in total. The summed E-state index contributed by atoms with van der Waals surface area (Å²) in [7, 11) is -3.12. The van der Waals surface area contributed by atoms with Gasteiger partial charge < -0.3 is 4.42 Å². The van der Waals surface area contributed by atoms with Crippen molar-refractivity contribution in [3.63, 3.8) is 0 Å². The monoisotopic (exact) mass is 404 g/mol. The van der Waals surface area contributed by atoms with Crippen LogP contribution < -0.4 is 5.63 Å². The van der Waals surface area contributed by atoms with Crippen LogP contribution in [0.4, 0.5) is 0 Å². The van der Waals surface area contributed by atoms with Gasteiger partial charge in [0.25, 0.3) is 0 Å². The zero-order valence-corrected chi connectivity index (χ0v) is 17.6. The van der Waals surface area contributed by atoms with E-state index in [1.165, 1.54) is 6.07 Å². The number of carbonyl (C=O) groups is 1. The molecule has 28 heavy (non-hydrogen) atoms. The third-order valence-corrected chi connectivity index (χ3v) is 8.53. The number of ketones is 1. The summed E-state index contributed by atoms with van der Waals surface area (Å²) in [6.45, 7) is 5.23. The molecule has 1 heterocycles. The second kappa shape index (κ2) is 7.82. The Labute approximate surface area is 166 Å². The summed E-state index contributed by atoms with van der Waals surface area (Å²) in [5.74, 6) is 0.566. The van der Waals surface area contributed by atoms with Gasteiger partial charge in [0.05, 0.1) is 10.5 Å². The average Bonchev–Trinajstić information content (AvgIpc) is 2.61. The van der Waals surface area contributed by atoms with Crippen molar-refractivity contribution in [2.24, 2.45) is 11.8 Å². The van der Waals surface area contributed by atoms with E-state index in [1.807, 2.05) is 12.1 Å². The normalized spacial score (nSPS) is 21.0.